The zero-order valence-corrected chi connectivity index (χ0v) is 9.21. The van der Waals surface area contributed by atoms with E-state index in [2.05, 4.69) is 9.98 Å². The molecule has 1 aromatic heterocycles. The summed E-state index contributed by atoms with van der Waals surface area (Å²) in [7, 11) is 0. The first kappa shape index (κ1) is 9.84. The Morgan fingerprint density at radius 1 is 1.29 bits per heavy atom. The van der Waals surface area contributed by atoms with Crippen LogP contribution in [0.3, 0.4) is 0 Å². The Kier molecular flexibility index (Phi) is 2.08. The molecule has 0 atom stereocenters. The van der Waals surface area contributed by atoms with Crippen LogP contribution in [0.2, 0.25) is 0 Å². The highest BCUT2D eigenvalue weighted by atomic mass is 16.5. The van der Waals surface area contributed by atoms with Gasteiger partial charge in [-0.2, -0.15) is 0 Å². The van der Waals surface area contributed by atoms with Crippen molar-refractivity contribution in [1.29, 1.82) is 0 Å². The molecule has 0 saturated carbocycles. The predicted molar refractivity (Wildman–Crippen MR) is 62.6 cm³/mol. The number of hydrogen-bond acceptors (Lipinski definition) is 4. The van der Waals surface area contributed by atoms with E-state index in [0.29, 0.717) is 11.6 Å². The van der Waals surface area contributed by atoms with E-state index in [-0.39, 0.29) is 5.95 Å². The number of aromatic hydroxyl groups is 1. The van der Waals surface area contributed by atoms with Crippen LogP contribution in [0.1, 0.15) is 11.6 Å². The number of oxazole rings is 1. The maximum absolute atomic E-state index is 9.48. The van der Waals surface area contributed by atoms with E-state index in [4.69, 9.17) is 4.42 Å². The van der Waals surface area contributed by atoms with Gasteiger partial charge in [-0.25, -0.2) is 9.98 Å². The first-order valence-electron chi connectivity index (χ1n) is 5.26. The Bertz CT molecular complexity index is 689. The summed E-state index contributed by atoms with van der Waals surface area (Å²) in [6, 6.07) is 7.84. The smallest absolute Gasteiger partial charge is 0.310 e. The first-order chi connectivity index (χ1) is 8.22. The molecule has 1 aliphatic rings. The highest BCUT2D eigenvalue weighted by molar-refractivity contribution is 5.65. The molecule has 0 saturated heterocycles. The van der Waals surface area contributed by atoms with Gasteiger partial charge < -0.3 is 9.52 Å². The third kappa shape index (κ3) is 1.73. The summed E-state index contributed by atoms with van der Waals surface area (Å²) in [4.78, 5) is 8.47. The largest absolute Gasteiger partial charge is 0.479 e. The molecule has 2 aromatic rings. The van der Waals surface area contributed by atoms with E-state index in [1.807, 2.05) is 30.3 Å². The van der Waals surface area contributed by atoms with Gasteiger partial charge in [0.1, 0.15) is 5.69 Å². The molecular weight excluding hydrogens is 216 g/mol. The summed E-state index contributed by atoms with van der Waals surface area (Å²) in [5.41, 5.74) is 1.17. The van der Waals surface area contributed by atoms with E-state index >= 15 is 0 Å². The van der Waals surface area contributed by atoms with E-state index in [1.165, 1.54) is 0 Å². The monoisotopic (exact) mass is 226 g/mol. The van der Waals surface area contributed by atoms with Gasteiger partial charge in [0.25, 0.3) is 0 Å². The topological polar surface area (TPSA) is 58.6 Å². The van der Waals surface area contributed by atoms with Gasteiger partial charge in [-0.1, -0.05) is 18.2 Å². The van der Waals surface area contributed by atoms with Crippen LogP contribution in [-0.4, -0.2) is 10.1 Å². The third-order valence-corrected chi connectivity index (χ3v) is 2.52. The predicted octanol–water partition coefficient (Wildman–Crippen LogP) is 1.14. The van der Waals surface area contributed by atoms with Crippen molar-refractivity contribution >= 4 is 12.2 Å². The van der Waals surface area contributed by atoms with Gasteiger partial charge in [0.2, 0.25) is 0 Å². The average molecular weight is 226 g/mol. The van der Waals surface area contributed by atoms with Crippen molar-refractivity contribution in [1.82, 2.24) is 4.98 Å². The molecule has 1 aromatic carbocycles. The second kappa shape index (κ2) is 3.59. The molecule has 4 heteroatoms. The molecule has 0 amide bonds. The number of aryl methyl sites for hydroxylation is 1. The quantitative estimate of drug-likeness (QED) is 0.793. The summed E-state index contributed by atoms with van der Waals surface area (Å²) in [5, 5.41) is 11.5. The molecule has 0 bridgehead atoms. The summed E-state index contributed by atoms with van der Waals surface area (Å²) in [6.07, 6.45) is 3.64. The van der Waals surface area contributed by atoms with Crippen molar-refractivity contribution in [2.45, 2.75) is 6.92 Å². The second-order valence-electron chi connectivity index (χ2n) is 3.81. The summed E-state index contributed by atoms with van der Waals surface area (Å²) < 4.78 is 4.95. The Morgan fingerprint density at radius 3 is 2.82 bits per heavy atom. The molecule has 17 heavy (non-hydrogen) atoms. The third-order valence-electron chi connectivity index (χ3n) is 2.52. The van der Waals surface area contributed by atoms with Gasteiger partial charge >= 0.3 is 5.95 Å². The number of aromatic nitrogens is 1. The van der Waals surface area contributed by atoms with Crippen LogP contribution in [0.15, 0.2) is 39.4 Å². The average Bonchev–Trinajstić information content (AvgIpc) is 2.82. The summed E-state index contributed by atoms with van der Waals surface area (Å²) >= 11 is 0. The van der Waals surface area contributed by atoms with Crippen LogP contribution >= 0.6 is 0 Å². The van der Waals surface area contributed by atoms with Gasteiger partial charge in [0.05, 0.1) is 11.1 Å². The van der Waals surface area contributed by atoms with Gasteiger partial charge in [-0.3, -0.25) is 0 Å². The fourth-order valence-electron chi connectivity index (χ4n) is 1.78. The van der Waals surface area contributed by atoms with Crippen LogP contribution in [0.5, 0.6) is 5.95 Å². The molecule has 3 rings (SSSR count). The fourth-order valence-corrected chi connectivity index (χ4v) is 1.78. The molecule has 0 spiro atoms. The lowest BCUT2D eigenvalue weighted by Gasteiger charge is -1.87. The van der Waals surface area contributed by atoms with Gasteiger partial charge in [0, 0.05) is 12.1 Å². The zero-order chi connectivity index (χ0) is 11.8. The number of rotatable bonds is 1. The molecule has 0 aliphatic carbocycles. The van der Waals surface area contributed by atoms with E-state index in [0.717, 1.165) is 16.3 Å². The second-order valence-corrected chi connectivity index (χ2v) is 3.81. The first-order valence-corrected chi connectivity index (χ1v) is 5.26. The minimum atomic E-state index is -0.172. The van der Waals surface area contributed by atoms with Gasteiger partial charge in [-0.15, -0.1) is 0 Å². The number of benzene rings is 1. The Labute approximate surface area is 97.3 Å². The van der Waals surface area contributed by atoms with Crippen molar-refractivity contribution in [2.75, 3.05) is 0 Å². The molecule has 0 fully saturated rings. The SMILES string of the molecule is Cc1nc(/C=C2\C=c3ccccc3=N2)c(O)o1. The fraction of sp³-hybridized carbons (Fsp3) is 0.0769. The molecule has 2 heterocycles. The van der Waals surface area contributed by atoms with Crippen LogP contribution in [0, 0.1) is 6.92 Å². The summed E-state index contributed by atoms with van der Waals surface area (Å²) in [6.45, 7) is 1.69. The number of nitrogens with zero attached hydrogens (tertiary/aromatic N) is 2. The lowest BCUT2D eigenvalue weighted by atomic mass is 10.2. The molecule has 1 aliphatic heterocycles. The van der Waals surface area contributed by atoms with Crippen molar-refractivity contribution < 1.29 is 9.52 Å². The zero-order valence-electron chi connectivity index (χ0n) is 9.21. The van der Waals surface area contributed by atoms with E-state index in [1.54, 1.807) is 13.0 Å². The van der Waals surface area contributed by atoms with Gasteiger partial charge in [-0.05, 0) is 18.2 Å². The molecule has 0 radical (unpaired) electrons. The lowest BCUT2D eigenvalue weighted by molar-refractivity contribution is 0.322. The van der Waals surface area contributed by atoms with Crippen molar-refractivity contribution in [3.8, 4) is 5.95 Å². The minimum Gasteiger partial charge on any atom is -0.479 e. The number of para-hydroxylation sites is 1. The molecule has 1 N–H and O–H groups in total. The normalized spacial score (nSPS) is 15.5. The van der Waals surface area contributed by atoms with Crippen molar-refractivity contribution in [2.24, 2.45) is 4.99 Å². The van der Waals surface area contributed by atoms with Crippen molar-refractivity contribution in [3.05, 3.63) is 52.1 Å². The Morgan fingerprint density at radius 2 is 2.12 bits per heavy atom. The highest BCUT2D eigenvalue weighted by Crippen LogP contribution is 2.21. The van der Waals surface area contributed by atoms with Crippen LogP contribution in [0.4, 0.5) is 0 Å². The van der Waals surface area contributed by atoms with Crippen LogP contribution in [-0.2, 0) is 0 Å². The Hall–Kier alpha value is -2.36. The molecular formula is C13H10N2O2. The molecule has 84 valence electrons. The maximum atomic E-state index is 9.48. The molecule has 0 unspecified atom stereocenters. The van der Waals surface area contributed by atoms with Crippen LogP contribution in [0.25, 0.3) is 12.2 Å². The van der Waals surface area contributed by atoms with E-state index in [9.17, 15) is 5.11 Å². The summed E-state index contributed by atoms with van der Waals surface area (Å²) in [5.74, 6) is 0.263. The molecule has 4 nitrogen and oxygen atoms in total. The highest BCUT2D eigenvalue weighted by Gasteiger charge is 2.08. The number of fused-ring (bicyclic) bond motifs is 1. The lowest BCUT2D eigenvalue weighted by Crippen LogP contribution is -2.19. The van der Waals surface area contributed by atoms with Gasteiger partial charge in [0.15, 0.2) is 5.89 Å². The minimum absolute atomic E-state index is 0.172. The Balaban J connectivity index is 2.09. The number of allylic oxidation sites excluding steroid dienone is 1. The maximum Gasteiger partial charge on any atom is 0.310 e. The van der Waals surface area contributed by atoms with Crippen LogP contribution < -0.4 is 10.6 Å². The van der Waals surface area contributed by atoms with Crippen molar-refractivity contribution in [3.63, 3.8) is 0 Å². The van der Waals surface area contributed by atoms with E-state index < -0.39 is 0 Å². The number of hydrogen-bond donors (Lipinski definition) is 1. The standard InChI is InChI=1S/C13H10N2O2/c1-8-14-12(13(16)17-8)7-10-6-9-4-2-3-5-11(9)15-10/h2-7,16H,1H3/b10-7+.